The van der Waals surface area contributed by atoms with Crippen LogP contribution in [0.4, 0.5) is 5.69 Å². The fraction of sp³-hybridized carbons (Fsp3) is 0. The number of phenolic OH excluding ortho intramolecular Hbond substituents is 1. The van der Waals surface area contributed by atoms with Crippen LogP contribution in [0.1, 0.15) is 0 Å². The summed E-state index contributed by atoms with van der Waals surface area (Å²) in [5, 5.41) is 12.1. The largest absolute Gasteiger partial charge is 0.541 e. The molecule has 0 saturated heterocycles. The predicted molar refractivity (Wildman–Crippen MR) is 93.5 cm³/mol. The highest BCUT2D eigenvalue weighted by molar-refractivity contribution is 7.56. The van der Waals surface area contributed by atoms with Crippen molar-refractivity contribution in [3.63, 3.8) is 0 Å². The first kappa shape index (κ1) is 16.0. The van der Waals surface area contributed by atoms with Gasteiger partial charge in [0, 0.05) is 5.69 Å². The standard InChI is InChI=1S/C18H16NO4P/c20-16-13-11-15(12-14-16)19-24(21,22-17-7-3-1-4-8-17)23-18-9-5-2-6-10-18/h1-14,20H,(H,19,21). The summed E-state index contributed by atoms with van der Waals surface area (Å²) >= 11 is 0. The second kappa shape index (κ2) is 7.11. The number of nitrogens with one attached hydrogen (secondary N) is 1. The average molecular weight is 341 g/mol. The van der Waals surface area contributed by atoms with Crippen molar-refractivity contribution < 1.29 is 18.7 Å². The van der Waals surface area contributed by atoms with Crippen molar-refractivity contribution in [2.45, 2.75) is 0 Å². The molecule has 0 aliphatic rings. The van der Waals surface area contributed by atoms with Gasteiger partial charge in [-0.15, -0.1) is 0 Å². The Morgan fingerprint density at radius 3 is 1.62 bits per heavy atom. The zero-order valence-corrected chi connectivity index (χ0v) is 13.6. The number of hydrogen-bond donors (Lipinski definition) is 2. The SMILES string of the molecule is O=P(Nc1ccc(O)cc1)(Oc1ccccc1)Oc1ccccc1. The van der Waals surface area contributed by atoms with Crippen molar-refractivity contribution >= 4 is 13.4 Å². The molecule has 0 unspecified atom stereocenters. The maximum absolute atomic E-state index is 13.2. The molecule has 0 radical (unpaired) electrons. The summed E-state index contributed by atoms with van der Waals surface area (Å²) in [6.07, 6.45) is 0. The zero-order valence-electron chi connectivity index (χ0n) is 12.7. The molecule has 0 saturated carbocycles. The summed E-state index contributed by atoms with van der Waals surface area (Å²) in [5.74, 6) is 0.953. The lowest BCUT2D eigenvalue weighted by molar-refractivity contribution is 0.393. The Morgan fingerprint density at radius 2 is 1.17 bits per heavy atom. The third kappa shape index (κ3) is 4.31. The maximum atomic E-state index is 13.2. The van der Waals surface area contributed by atoms with E-state index in [0.717, 1.165) is 0 Å². The van der Waals surface area contributed by atoms with E-state index in [1.54, 1.807) is 60.7 Å². The second-order valence-electron chi connectivity index (χ2n) is 4.96. The van der Waals surface area contributed by atoms with Crippen molar-refractivity contribution in [3.05, 3.63) is 84.9 Å². The third-order valence-corrected chi connectivity index (χ3v) is 4.51. The summed E-state index contributed by atoms with van der Waals surface area (Å²) in [6, 6.07) is 23.7. The van der Waals surface area contributed by atoms with Crippen LogP contribution in [0.2, 0.25) is 0 Å². The van der Waals surface area contributed by atoms with E-state index < -0.39 is 7.75 Å². The molecular weight excluding hydrogens is 325 g/mol. The van der Waals surface area contributed by atoms with Gasteiger partial charge in [-0.1, -0.05) is 36.4 Å². The van der Waals surface area contributed by atoms with Gasteiger partial charge in [0.2, 0.25) is 0 Å². The number of phenols is 1. The molecule has 6 heteroatoms. The highest BCUT2D eigenvalue weighted by Crippen LogP contribution is 2.48. The lowest BCUT2D eigenvalue weighted by Gasteiger charge is -2.21. The van der Waals surface area contributed by atoms with Crippen LogP contribution in [0.3, 0.4) is 0 Å². The highest BCUT2D eigenvalue weighted by Gasteiger charge is 2.29. The summed E-state index contributed by atoms with van der Waals surface area (Å²) in [4.78, 5) is 0. The minimum absolute atomic E-state index is 0.114. The van der Waals surface area contributed by atoms with Crippen molar-refractivity contribution in [2.75, 3.05) is 5.09 Å². The van der Waals surface area contributed by atoms with Gasteiger partial charge >= 0.3 is 7.75 Å². The van der Waals surface area contributed by atoms with Crippen molar-refractivity contribution in [3.8, 4) is 17.2 Å². The minimum atomic E-state index is -3.73. The molecular formula is C18H16NO4P. The van der Waals surface area contributed by atoms with Gasteiger partial charge in [-0.25, -0.2) is 4.57 Å². The van der Waals surface area contributed by atoms with Crippen LogP contribution >= 0.6 is 7.75 Å². The first-order valence-corrected chi connectivity index (χ1v) is 8.84. The molecule has 0 spiro atoms. The monoisotopic (exact) mass is 341 g/mol. The summed E-state index contributed by atoms with van der Waals surface area (Å²) < 4.78 is 24.4. The average Bonchev–Trinajstić information content (AvgIpc) is 2.58. The zero-order chi connectivity index (χ0) is 16.8. The van der Waals surface area contributed by atoms with Gasteiger partial charge in [-0.3, -0.25) is 5.09 Å². The quantitative estimate of drug-likeness (QED) is 0.484. The molecule has 0 atom stereocenters. The predicted octanol–water partition coefficient (Wildman–Crippen LogP) is 5.07. The number of benzene rings is 3. The molecule has 0 fully saturated rings. The number of hydrogen-bond acceptors (Lipinski definition) is 4. The van der Waals surface area contributed by atoms with Gasteiger partial charge in [-0.2, -0.15) is 0 Å². The Kier molecular flexibility index (Phi) is 4.73. The topological polar surface area (TPSA) is 67.8 Å². The molecule has 122 valence electrons. The van der Waals surface area contributed by atoms with E-state index in [1.165, 1.54) is 12.1 Å². The number of aromatic hydroxyl groups is 1. The Balaban J connectivity index is 1.87. The summed E-state index contributed by atoms with van der Waals surface area (Å²) in [6.45, 7) is 0. The molecule has 0 heterocycles. The third-order valence-electron chi connectivity index (χ3n) is 3.07. The van der Waals surface area contributed by atoms with Crippen LogP contribution in [0.5, 0.6) is 17.2 Å². The molecule has 0 bridgehead atoms. The molecule has 24 heavy (non-hydrogen) atoms. The number of rotatable bonds is 6. The molecule has 3 rings (SSSR count). The summed E-state index contributed by atoms with van der Waals surface area (Å²) in [5.41, 5.74) is 0.503. The molecule has 0 aromatic heterocycles. The molecule has 0 aliphatic heterocycles. The lowest BCUT2D eigenvalue weighted by Crippen LogP contribution is -2.09. The van der Waals surface area contributed by atoms with E-state index in [4.69, 9.17) is 9.05 Å². The van der Waals surface area contributed by atoms with Crippen LogP contribution in [-0.2, 0) is 4.57 Å². The lowest BCUT2D eigenvalue weighted by atomic mass is 10.3. The fourth-order valence-corrected chi connectivity index (χ4v) is 3.39. The van der Waals surface area contributed by atoms with E-state index in [0.29, 0.717) is 17.2 Å². The van der Waals surface area contributed by atoms with Gasteiger partial charge in [0.25, 0.3) is 0 Å². The van der Waals surface area contributed by atoms with Gasteiger partial charge in [-0.05, 0) is 48.5 Å². The Bertz CT molecular complexity index is 777. The first-order valence-electron chi connectivity index (χ1n) is 7.30. The normalized spacial score (nSPS) is 10.8. The van der Waals surface area contributed by atoms with Gasteiger partial charge in [0.1, 0.15) is 17.2 Å². The van der Waals surface area contributed by atoms with Gasteiger partial charge in [0.15, 0.2) is 0 Å². The molecule has 2 N–H and O–H groups in total. The van der Waals surface area contributed by atoms with E-state index in [1.807, 2.05) is 12.1 Å². The van der Waals surface area contributed by atoms with Gasteiger partial charge < -0.3 is 14.2 Å². The summed E-state index contributed by atoms with van der Waals surface area (Å²) in [7, 11) is -3.73. The van der Waals surface area contributed by atoms with Crippen LogP contribution in [-0.4, -0.2) is 5.11 Å². The second-order valence-corrected chi connectivity index (χ2v) is 6.55. The van der Waals surface area contributed by atoms with Crippen LogP contribution in [0.15, 0.2) is 84.9 Å². The molecule has 5 nitrogen and oxygen atoms in total. The maximum Gasteiger partial charge on any atom is 0.541 e. The number of para-hydroxylation sites is 2. The van der Waals surface area contributed by atoms with Crippen LogP contribution in [0, 0.1) is 0 Å². The van der Waals surface area contributed by atoms with Crippen LogP contribution in [0.25, 0.3) is 0 Å². The van der Waals surface area contributed by atoms with E-state index in [2.05, 4.69) is 5.09 Å². The van der Waals surface area contributed by atoms with E-state index in [9.17, 15) is 9.67 Å². The Labute approximate surface area is 140 Å². The van der Waals surface area contributed by atoms with Gasteiger partial charge in [0.05, 0.1) is 0 Å². The van der Waals surface area contributed by atoms with Crippen molar-refractivity contribution in [1.82, 2.24) is 0 Å². The molecule has 0 amide bonds. The Hall–Kier alpha value is -2.91. The molecule has 3 aromatic carbocycles. The minimum Gasteiger partial charge on any atom is -0.508 e. The highest BCUT2D eigenvalue weighted by atomic mass is 31.2. The smallest absolute Gasteiger partial charge is 0.508 e. The van der Waals surface area contributed by atoms with Crippen molar-refractivity contribution in [1.29, 1.82) is 0 Å². The van der Waals surface area contributed by atoms with E-state index >= 15 is 0 Å². The van der Waals surface area contributed by atoms with Crippen molar-refractivity contribution in [2.24, 2.45) is 0 Å². The van der Waals surface area contributed by atoms with E-state index in [-0.39, 0.29) is 5.75 Å². The number of anilines is 1. The van der Waals surface area contributed by atoms with Crippen LogP contribution < -0.4 is 14.1 Å². The Morgan fingerprint density at radius 1 is 0.708 bits per heavy atom. The molecule has 3 aromatic rings. The molecule has 0 aliphatic carbocycles. The fourth-order valence-electron chi connectivity index (χ4n) is 2.00. The first-order chi connectivity index (χ1) is 11.6.